The van der Waals surface area contributed by atoms with E-state index in [0.717, 1.165) is 41.8 Å². The van der Waals surface area contributed by atoms with Crippen LogP contribution in [-0.2, 0) is 4.74 Å². The first-order valence-electron chi connectivity index (χ1n) is 9.58. The predicted molar refractivity (Wildman–Crippen MR) is 113 cm³/mol. The number of aryl methyl sites for hydroxylation is 1. The van der Waals surface area contributed by atoms with Crippen molar-refractivity contribution in [1.82, 2.24) is 4.98 Å². The Kier molecular flexibility index (Phi) is 5.15. The summed E-state index contributed by atoms with van der Waals surface area (Å²) in [6, 6.07) is 16.7. The standard InChI is InChI=1S/C23H22N4O2/c1-15-11-22(27-10-9-18(14-27)29-2)20-8-7-17(12-21(20)25-15)26-23(28)19-6-4-3-5-16(19)13-24/h3-8,11-12,18H,9-10,14H2,1-2H3,(H,26,28). The van der Waals surface area contributed by atoms with Gasteiger partial charge in [0, 0.05) is 42.7 Å². The first kappa shape index (κ1) is 18.9. The van der Waals surface area contributed by atoms with Crippen molar-refractivity contribution in [3.05, 3.63) is 65.4 Å². The maximum atomic E-state index is 12.6. The van der Waals surface area contributed by atoms with Crippen molar-refractivity contribution in [3.63, 3.8) is 0 Å². The second-order valence-corrected chi connectivity index (χ2v) is 7.22. The lowest BCUT2D eigenvalue weighted by Gasteiger charge is -2.21. The molecule has 1 saturated heterocycles. The molecule has 4 rings (SSSR count). The lowest BCUT2D eigenvalue weighted by Crippen LogP contribution is -2.22. The number of rotatable bonds is 4. The highest BCUT2D eigenvalue weighted by Crippen LogP contribution is 2.31. The van der Waals surface area contributed by atoms with Crippen molar-refractivity contribution in [2.45, 2.75) is 19.4 Å². The minimum absolute atomic E-state index is 0.247. The highest BCUT2D eigenvalue weighted by atomic mass is 16.5. The van der Waals surface area contributed by atoms with Crippen LogP contribution in [0.3, 0.4) is 0 Å². The van der Waals surface area contributed by atoms with Gasteiger partial charge in [0.2, 0.25) is 0 Å². The van der Waals surface area contributed by atoms with Gasteiger partial charge in [-0.15, -0.1) is 0 Å². The van der Waals surface area contributed by atoms with Gasteiger partial charge < -0.3 is 15.0 Å². The minimum Gasteiger partial charge on any atom is -0.380 e. The first-order chi connectivity index (χ1) is 14.1. The summed E-state index contributed by atoms with van der Waals surface area (Å²) < 4.78 is 5.50. The quantitative estimate of drug-likeness (QED) is 0.736. The molecule has 0 radical (unpaired) electrons. The summed E-state index contributed by atoms with van der Waals surface area (Å²) in [6.45, 7) is 3.78. The number of benzene rings is 2. The summed E-state index contributed by atoms with van der Waals surface area (Å²) in [6.07, 6.45) is 1.25. The number of aromatic nitrogens is 1. The van der Waals surface area contributed by atoms with Gasteiger partial charge in [0.1, 0.15) is 0 Å². The molecule has 3 aromatic rings. The fourth-order valence-corrected chi connectivity index (χ4v) is 3.79. The largest absolute Gasteiger partial charge is 0.380 e. The Hall–Kier alpha value is -3.43. The third-order valence-electron chi connectivity index (χ3n) is 5.29. The predicted octanol–water partition coefficient (Wildman–Crippen LogP) is 3.89. The summed E-state index contributed by atoms with van der Waals surface area (Å²) in [5.74, 6) is -0.308. The second kappa shape index (κ2) is 7.90. The van der Waals surface area contributed by atoms with E-state index in [1.165, 1.54) is 0 Å². The van der Waals surface area contributed by atoms with Crippen molar-refractivity contribution in [1.29, 1.82) is 5.26 Å². The van der Waals surface area contributed by atoms with Gasteiger partial charge >= 0.3 is 0 Å². The molecule has 0 bridgehead atoms. The maximum absolute atomic E-state index is 12.6. The number of hydrogen-bond acceptors (Lipinski definition) is 5. The molecule has 1 aliphatic heterocycles. The fraction of sp³-hybridized carbons (Fsp3) is 0.261. The molecule has 1 fully saturated rings. The Morgan fingerprint density at radius 3 is 2.86 bits per heavy atom. The number of methoxy groups -OCH3 is 1. The number of nitrogens with one attached hydrogen (secondary N) is 1. The van der Waals surface area contributed by atoms with Crippen LogP contribution in [0.1, 0.15) is 28.0 Å². The molecule has 0 spiro atoms. The third-order valence-corrected chi connectivity index (χ3v) is 5.29. The van der Waals surface area contributed by atoms with Gasteiger partial charge in [-0.2, -0.15) is 5.26 Å². The normalized spacial score (nSPS) is 16.0. The van der Waals surface area contributed by atoms with Crippen LogP contribution >= 0.6 is 0 Å². The lowest BCUT2D eigenvalue weighted by molar-refractivity contribution is 0.102. The van der Waals surface area contributed by atoms with E-state index in [0.29, 0.717) is 16.8 Å². The number of carbonyl (C=O) groups excluding carboxylic acids is 1. The van der Waals surface area contributed by atoms with Crippen LogP contribution < -0.4 is 10.2 Å². The molecule has 146 valence electrons. The number of carbonyl (C=O) groups is 1. The Morgan fingerprint density at radius 2 is 2.10 bits per heavy atom. The summed E-state index contributed by atoms with van der Waals surface area (Å²) in [5.41, 5.74) is 4.24. The Balaban J connectivity index is 1.65. The van der Waals surface area contributed by atoms with Crippen LogP contribution in [0.4, 0.5) is 11.4 Å². The molecule has 1 atom stereocenters. The number of amides is 1. The zero-order valence-corrected chi connectivity index (χ0v) is 16.5. The second-order valence-electron chi connectivity index (χ2n) is 7.22. The Morgan fingerprint density at radius 1 is 1.28 bits per heavy atom. The molecule has 2 heterocycles. The molecule has 2 aromatic carbocycles. The lowest BCUT2D eigenvalue weighted by atomic mass is 10.1. The molecule has 1 N–H and O–H groups in total. The van der Waals surface area contributed by atoms with Gasteiger partial charge in [0.15, 0.2) is 0 Å². The summed E-state index contributed by atoms with van der Waals surface area (Å²) >= 11 is 0. The first-order valence-corrected chi connectivity index (χ1v) is 9.58. The topological polar surface area (TPSA) is 78.2 Å². The number of hydrogen-bond donors (Lipinski definition) is 1. The molecule has 1 amide bonds. The smallest absolute Gasteiger partial charge is 0.257 e. The monoisotopic (exact) mass is 386 g/mol. The van der Waals surface area contributed by atoms with E-state index in [1.807, 2.05) is 25.1 Å². The number of fused-ring (bicyclic) bond motifs is 1. The van der Waals surface area contributed by atoms with Crippen LogP contribution in [0.2, 0.25) is 0 Å². The van der Waals surface area contributed by atoms with E-state index in [2.05, 4.69) is 27.3 Å². The zero-order chi connectivity index (χ0) is 20.4. The van der Waals surface area contributed by atoms with Crippen LogP contribution in [0, 0.1) is 18.3 Å². The number of nitriles is 1. The zero-order valence-electron chi connectivity index (χ0n) is 16.5. The third kappa shape index (κ3) is 3.78. The molecule has 29 heavy (non-hydrogen) atoms. The van der Waals surface area contributed by atoms with Crippen LogP contribution in [0.5, 0.6) is 0 Å². The van der Waals surface area contributed by atoms with Crippen molar-refractivity contribution in [2.24, 2.45) is 0 Å². The van der Waals surface area contributed by atoms with Crippen LogP contribution in [-0.4, -0.2) is 37.2 Å². The van der Waals surface area contributed by atoms with Gasteiger partial charge in [0.25, 0.3) is 5.91 Å². The van der Waals surface area contributed by atoms with Gasteiger partial charge in [0.05, 0.1) is 28.8 Å². The summed E-state index contributed by atoms with van der Waals surface area (Å²) in [7, 11) is 1.75. The van der Waals surface area contributed by atoms with Gasteiger partial charge in [-0.3, -0.25) is 9.78 Å². The van der Waals surface area contributed by atoms with Gasteiger partial charge in [-0.25, -0.2) is 0 Å². The Bertz CT molecular complexity index is 1120. The SMILES string of the molecule is COC1CCN(c2cc(C)nc3cc(NC(=O)c4ccccc4C#N)ccc23)C1. The summed E-state index contributed by atoms with van der Waals surface area (Å²) in [5, 5.41) is 13.2. The molecule has 6 heteroatoms. The van der Waals surface area contributed by atoms with Crippen molar-refractivity contribution < 1.29 is 9.53 Å². The molecular weight excluding hydrogens is 364 g/mol. The van der Waals surface area contributed by atoms with E-state index in [4.69, 9.17) is 4.74 Å². The van der Waals surface area contributed by atoms with Crippen molar-refractivity contribution >= 4 is 28.2 Å². The molecule has 0 aliphatic carbocycles. The molecular formula is C23H22N4O2. The number of nitrogens with zero attached hydrogens (tertiary/aromatic N) is 3. The van der Waals surface area contributed by atoms with E-state index in [9.17, 15) is 10.1 Å². The van der Waals surface area contributed by atoms with E-state index < -0.39 is 0 Å². The highest BCUT2D eigenvalue weighted by molar-refractivity contribution is 6.07. The van der Waals surface area contributed by atoms with Crippen molar-refractivity contribution in [3.8, 4) is 6.07 Å². The van der Waals surface area contributed by atoms with Crippen LogP contribution in [0.25, 0.3) is 10.9 Å². The molecule has 1 aliphatic rings. The van der Waals surface area contributed by atoms with Gasteiger partial charge in [-0.1, -0.05) is 12.1 Å². The maximum Gasteiger partial charge on any atom is 0.257 e. The van der Waals surface area contributed by atoms with E-state index >= 15 is 0 Å². The molecule has 1 unspecified atom stereocenters. The summed E-state index contributed by atoms with van der Waals surface area (Å²) in [4.78, 5) is 19.6. The van der Waals surface area contributed by atoms with E-state index in [1.54, 1.807) is 31.4 Å². The van der Waals surface area contributed by atoms with E-state index in [-0.39, 0.29) is 12.0 Å². The number of ether oxygens (including phenoxy) is 1. The molecule has 0 saturated carbocycles. The average Bonchev–Trinajstić information content (AvgIpc) is 3.22. The average molecular weight is 386 g/mol. The van der Waals surface area contributed by atoms with Gasteiger partial charge in [-0.05, 0) is 49.7 Å². The number of anilines is 2. The molecule has 6 nitrogen and oxygen atoms in total. The van der Waals surface area contributed by atoms with Crippen molar-refractivity contribution in [2.75, 3.05) is 30.4 Å². The molecule has 1 aromatic heterocycles. The Labute approximate surface area is 169 Å². The highest BCUT2D eigenvalue weighted by Gasteiger charge is 2.24. The number of pyridine rings is 1. The van der Waals surface area contributed by atoms with Crippen LogP contribution in [0.15, 0.2) is 48.5 Å². The minimum atomic E-state index is -0.308. The fourth-order valence-electron chi connectivity index (χ4n) is 3.79.